The maximum atomic E-state index is 7.92. The normalized spacial score (nSPS) is 10.1. The molecule has 0 aliphatic rings. The molecule has 0 radical (unpaired) electrons. The first kappa shape index (κ1) is 7.21. The summed E-state index contributed by atoms with van der Waals surface area (Å²) in [6, 6.07) is 0. The van der Waals surface area contributed by atoms with Crippen LogP contribution in [-0.4, -0.2) is 11.4 Å². The second kappa shape index (κ2) is 4.37. The number of hydrogen-bond donors (Lipinski definition) is 1. The molecule has 0 aliphatic heterocycles. The Labute approximate surface area is 49.5 Å². The molecule has 8 heavy (non-hydrogen) atoms. The Bertz CT molecular complexity index is 96.7. The van der Waals surface area contributed by atoms with E-state index in [4.69, 9.17) is 5.21 Å². The quantitative estimate of drug-likeness (QED) is 0.257. The molecule has 0 unspecified atom stereocenters. The molecular weight excluding hydrogens is 102 g/mol. The highest BCUT2D eigenvalue weighted by atomic mass is 16.4. The van der Waals surface area contributed by atoms with E-state index >= 15 is 0 Å². The summed E-state index contributed by atoms with van der Waals surface area (Å²) < 4.78 is 0. The zero-order valence-corrected chi connectivity index (χ0v) is 5.09. The summed E-state index contributed by atoms with van der Waals surface area (Å²) >= 11 is 0. The highest BCUT2D eigenvalue weighted by Crippen LogP contribution is 1.96. The molecule has 0 spiro atoms. The number of rotatable bonds is 3. The van der Waals surface area contributed by atoms with E-state index in [2.05, 4.69) is 11.7 Å². The van der Waals surface area contributed by atoms with Crippen LogP contribution in [0.4, 0.5) is 0 Å². The van der Waals surface area contributed by atoms with Crippen molar-refractivity contribution in [1.29, 1.82) is 0 Å². The van der Waals surface area contributed by atoms with Gasteiger partial charge in [-0.05, 0) is 19.8 Å². The smallest absolute Gasteiger partial charge is 0.0439 e. The molecule has 0 saturated carbocycles. The van der Waals surface area contributed by atoms with Crippen molar-refractivity contribution in [3.8, 4) is 0 Å². The van der Waals surface area contributed by atoms with Crippen LogP contribution in [0.2, 0.25) is 0 Å². The third-order valence-corrected chi connectivity index (χ3v) is 0.782. The van der Waals surface area contributed by atoms with Crippen molar-refractivity contribution < 1.29 is 5.21 Å². The van der Waals surface area contributed by atoms with E-state index in [1.165, 1.54) is 6.21 Å². The zero-order valence-electron chi connectivity index (χ0n) is 5.09. The van der Waals surface area contributed by atoms with Gasteiger partial charge in [0.1, 0.15) is 0 Å². The summed E-state index contributed by atoms with van der Waals surface area (Å²) in [5.41, 5.74) is 1.12. The Kier molecular flexibility index (Phi) is 3.94. The van der Waals surface area contributed by atoms with Gasteiger partial charge >= 0.3 is 0 Å². The van der Waals surface area contributed by atoms with Crippen LogP contribution < -0.4 is 0 Å². The number of allylic oxidation sites excluding steroid dienone is 1. The summed E-state index contributed by atoms with van der Waals surface area (Å²) in [6.45, 7) is 5.63. The Hall–Kier alpha value is -0.790. The Balaban J connectivity index is 3.05. The SMILES string of the molecule is C=C(C)CC/C=N/O. The van der Waals surface area contributed by atoms with E-state index in [1.807, 2.05) is 6.92 Å². The average Bonchev–Trinajstić information content (AvgIpc) is 1.66. The number of oxime groups is 1. The predicted octanol–water partition coefficient (Wildman–Crippen LogP) is 1.80. The van der Waals surface area contributed by atoms with Crippen molar-refractivity contribution in [1.82, 2.24) is 0 Å². The number of nitrogens with zero attached hydrogens (tertiary/aromatic N) is 1. The van der Waals surface area contributed by atoms with Gasteiger partial charge in [0.05, 0.1) is 0 Å². The Morgan fingerprint density at radius 2 is 2.50 bits per heavy atom. The third-order valence-electron chi connectivity index (χ3n) is 0.782. The van der Waals surface area contributed by atoms with Crippen molar-refractivity contribution in [2.45, 2.75) is 19.8 Å². The lowest BCUT2D eigenvalue weighted by Crippen LogP contribution is -1.76. The van der Waals surface area contributed by atoms with Gasteiger partial charge in [0.25, 0.3) is 0 Å². The highest BCUT2D eigenvalue weighted by molar-refractivity contribution is 5.56. The van der Waals surface area contributed by atoms with Crippen molar-refractivity contribution in [2.75, 3.05) is 0 Å². The van der Waals surface area contributed by atoms with Crippen LogP contribution in [0.3, 0.4) is 0 Å². The maximum Gasteiger partial charge on any atom is 0.0439 e. The van der Waals surface area contributed by atoms with Gasteiger partial charge in [-0.2, -0.15) is 0 Å². The standard InChI is InChI=1S/C6H11NO/c1-6(2)4-3-5-7-8/h5,8H,1,3-4H2,2H3/b7-5+. The summed E-state index contributed by atoms with van der Waals surface area (Å²) in [7, 11) is 0. The van der Waals surface area contributed by atoms with E-state index in [0.29, 0.717) is 0 Å². The second-order valence-corrected chi connectivity index (χ2v) is 1.79. The zero-order chi connectivity index (χ0) is 6.41. The van der Waals surface area contributed by atoms with Crippen LogP contribution in [0.1, 0.15) is 19.8 Å². The molecule has 0 aliphatic carbocycles. The fourth-order valence-electron chi connectivity index (χ4n) is 0.369. The van der Waals surface area contributed by atoms with Crippen molar-refractivity contribution in [3.63, 3.8) is 0 Å². The van der Waals surface area contributed by atoms with Gasteiger partial charge in [-0.15, -0.1) is 11.7 Å². The van der Waals surface area contributed by atoms with Gasteiger partial charge in [-0.25, -0.2) is 0 Å². The minimum Gasteiger partial charge on any atom is -0.411 e. The maximum absolute atomic E-state index is 7.92. The fourth-order valence-corrected chi connectivity index (χ4v) is 0.369. The van der Waals surface area contributed by atoms with Gasteiger partial charge in [0.15, 0.2) is 0 Å². The Morgan fingerprint density at radius 1 is 1.88 bits per heavy atom. The lowest BCUT2D eigenvalue weighted by Gasteiger charge is -1.88. The van der Waals surface area contributed by atoms with Crippen molar-refractivity contribution >= 4 is 6.21 Å². The topological polar surface area (TPSA) is 32.6 Å². The molecule has 0 rings (SSSR count). The minimum absolute atomic E-state index is 0.784. The summed E-state index contributed by atoms with van der Waals surface area (Å²) in [5, 5.41) is 10.8. The molecule has 0 aromatic rings. The van der Waals surface area contributed by atoms with Gasteiger partial charge in [0.2, 0.25) is 0 Å². The predicted molar refractivity (Wildman–Crippen MR) is 34.3 cm³/mol. The Morgan fingerprint density at radius 3 is 2.88 bits per heavy atom. The average molecular weight is 113 g/mol. The molecule has 0 atom stereocenters. The molecular formula is C6H11NO. The van der Waals surface area contributed by atoms with Crippen LogP contribution in [0.5, 0.6) is 0 Å². The molecule has 0 saturated heterocycles. The molecule has 2 nitrogen and oxygen atoms in total. The second-order valence-electron chi connectivity index (χ2n) is 1.79. The first-order valence-corrected chi connectivity index (χ1v) is 2.57. The molecule has 0 aromatic heterocycles. The molecule has 2 heteroatoms. The van der Waals surface area contributed by atoms with Crippen LogP contribution in [0, 0.1) is 0 Å². The van der Waals surface area contributed by atoms with E-state index in [-0.39, 0.29) is 0 Å². The summed E-state index contributed by atoms with van der Waals surface area (Å²) in [6.07, 6.45) is 3.16. The van der Waals surface area contributed by atoms with E-state index in [0.717, 1.165) is 18.4 Å². The number of hydrogen-bond acceptors (Lipinski definition) is 2. The van der Waals surface area contributed by atoms with Gasteiger partial charge in [0, 0.05) is 6.21 Å². The lowest BCUT2D eigenvalue weighted by molar-refractivity contribution is 0.320. The van der Waals surface area contributed by atoms with Gasteiger partial charge in [-0.3, -0.25) is 0 Å². The third kappa shape index (κ3) is 5.21. The highest BCUT2D eigenvalue weighted by Gasteiger charge is 1.81. The van der Waals surface area contributed by atoms with Gasteiger partial charge in [-0.1, -0.05) is 5.57 Å². The fraction of sp³-hybridized carbons (Fsp3) is 0.500. The van der Waals surface area contributed by atoms with Crippen LogP contribution in [0.15, 0.2) is 17.3 Å². The van der Waals surface area contributed by atoms with Crippen LogP contribution >= 0.6 is 0 Å². The van der Waals surface area contributed by atoms with Gasteiger partial charge < -0.3 is 5.21 Å². The van der Waals surface area contributed by atoms with Crippen LogP contribution in [-0.2, 0) is 0 Å². The summed E-state index contributed by atoms with van der Waals surface area (Å²) in [5.74, 6) is 0. The lowest BCUT2D eigenvalue weighted by atomic mass is 10.2. The first-order valence-electron chi connectivity index (χ1n) is 2.57. The van der Waals surface area contributed by atoms with Crippen molar-refractivity contribution in [2.24, 2.45) is 5.16 Å². The monoisotopic (exact) mass is 113 g/mol. The molecule has 1 N–H and O–H groups in total. The molecule has 46 valence electrons. The van der Waals surface area contributed by atoms with E-state index < -0.39 is 0 Å². The van der Waals surface area contributed by atoms with Crippen molar-refractivity contribution in [3.05, 3.63) is 12.2 Å². The molecule has 0 bridgehead atoms. The van der Waals surface area contributed by atoms with E-state index in [9.17, 15) is 0 Å². The summed E-state index contributed by atoms with van der Waals surface area (Å²) in [4.78, 5) is 0. The minimum atomic E-state index is 0.784. The largest absolute Gasteiger partial charge is 0.411 e. The molecule has 0 amide bonds. The van der Waals surface area contributed by atoms with Crippen LogP contribution in [0.25, 0.3) is 0 Å². The molecule has 0 aromatic carbocycles. The molecule has 0 fully saturated rings. The molecule has 0 heterocycles. The first-order chi connectivity index (χ1) is 3.77. The van der Waals surface area contributed by atoms with E-state index in [1.54, 1.807) is 0 Å².